The van der Waals surface area contributed by atoms with E-state index in [-0.39, 0.29) is 11.8 Å². The van der Waals surface area contributed by atoms with Crippen molar-refractivity contribution in [3.8, 4) is 5.75 Å². The van der Waals surface area contributed by atoms with E-state index in [4.69, 9.17) is 4.74 Å². The third kappa shape index (κ3) is 3.80. The van der Waals surface area contributed by atoms with Crippen LogP contribution in [0.1, 0.15) is 34.8 Å². The lowest BCUT2D eigenvalue weighted by Gasteiger charge is -2.23. The summed E-state index contributed by atoms with van der Waals surface area (Å²) in [5.41, 5.74) is 5.07. The Morgan fingerprint density at radius 3 is 2.88 bits per heavy atom. The molecule has 1 aliphatic heterocycles. The molecule has 1 aromatic carbocycles. The second-order valence-electron chi connectivity index (χ2n) is 5.78. The summed E-state index contributed by atoms with van der Waals surface area (Å²) in [6.45, 7) is 5.06. The van der Waals surface area contributed by atoms with E-state index in [9.17, 15) is 9.59 Å². The van der Waals surface area contributed by atoms with Gasteiger partial charge in [-0.1, -0.05) is 27.3 Å². The highest BCUT2D eigenvalue weighted by molar-refractivity contribution is 9.10. The number of ether oxygens (including phenoxy) is 1. The van der Waals surface area contributed by atoms with Crippen LogP contribution in [-0.4, -0.2) is 22.4 Å². The number of benzene rings is 1. The second-order valence-corrected chi connectivity index (χ2v) is 7.70. The third-order valence-corrected chi connectivity index (χ3v) is 5.55. The lowest BCUT2D eigenvalue weighted by atomic mass is 9.93. The van der Waals surface area contributed by atoms with E-state index in [1.54, 1.807) is 19.9 Å². The summed E-state index contributed by atoms with van der Waals surface area (Å²) in [4.78, 5) is 28.6. The van der Waals surface area contributed by atoms with Crippen LogP contribution in [0.4, 0.5) is 5.13 Å². The van der Waals surface area contributed by atoms with Gasteiger partial charge in [-0.25, -0.2) is 4.98 Å². The first-order valence-corrected chi connectivity index (χ1v) is 9.24. The molecular weight excluding hydrogens is 406 g/mol. The minimum atomic E-state index is -0.456. The summed E-state index contributed by atoms with van der Waals surface area (Å²) in [5.74, 6) is -0.214. The van der Waals surface area contributed by atoms with Crippen molar-refractivity contribution >= 4 is 49.9 Å². The molecule has 1 unspecified atom stereocenters. The number of Topliss-reactive ketones (excluding diaryl/α,β-unsaturated/α-hetero) is 1. The SMILES string of the molecule is CC(=O)c1sc(N/N=C(\C)C2Cc3cc(Br)ccc3OC2=O)nc1C. The topological polar surface area (TPSA) is 80.6 Å². The Bertz CT molecular complexity index is 891. The van der Waals surface area contributed by atoms with Crippen LogP contribution >= 0.6 is 27.3 Å². The van der Waals surface area contributed by atoms with E-state index >= 15 is 0 Å². The monoisotopic (exact) mass is 421 g/mol. The minimum absolute atomic E-state index is 0.0261. The number of nitrogens with zero attached hydrogens (tertiary/aromatic N) is 2. The fourth-order valence-electron chi connectivity index (χ4n) is 2.59. The second kappa shape index (κ2) is 7.05. The average molecular weight is 422 g/mol. The summed E-state index contributed by atoms with van der Waals surface area (Å²) in [7, 11) is 0. The van der Waals surface area contributed by atoms with Crippen LogP contribution < -0.4 is 10.2 Å². The molecule has 0 radical (unpaired) electrons. The Morgan fingerprint density at radius 1 is 1.44 bits per heavy atom. The van der Waals surface area contributed by atoms with E-state index in [2.05, 4.69) is 31.4 Å². The Balaban J connectivity index is 1.77. The summed E-state index contributed by atoms with van der Waals surface area (Å²) < 4.78 is 6.34. The number of hydrogen-bond acceptors (Lipinski definition) is 7. The summed E-state index contributed by atoms with van der Waals surface area (Å²) >= 11 is 4.67. The molecule has 1 aliphatic rings. The van der Waals surface area contributed by atoms with Gasteiger partial charge < -0.3 is 4.74 Å². The van der Waals surface area contributed by atoms with Crippen LogP contribution in [0.2, 0.25) is 0 Å². The van der Waals surface area contributed by atoms with Gasteiger partial charge in [-0.3, -0.25) is 15.0 Å². The van der Waals surface area contributed by atoms with E-state index < -0.39 is 5.92 Å². The molecule has 1 N–H and O–H groups in total. The normalized spacial score (nSPS) is 17.0. The number of hydrogen-bond donors (Lipinski definition) is 1. The first kappa shape index (κ1) is 17.8. The van der Waals surface area contributed by atoms with E-state index in [1.807, 2.05) is 12.1 Å². The van der Waals surface area contributed by atoms with Gasteiger partial charge in [0.1, 0.15) is 11.7 Å². The van der Waals surface area contributed by atoms with Gasteiger partial charge in [-0.2, -0.15) is 5.10 Å². The zero-order chi connectivity index (χ0) is 18.1. The van der Waals surface area contributed by atoms with Crippen molar-refractivity contribution < 1.29 is 14.3 Å². The number of esters is 1. The fraction of sp³-hybridized carbons (Fsp3) is 0.294. The maximum Gasteiger partial charge on any atom is 0.320 e. The Labute approximate surface area is 157 Å². The number of halogens is 1. The fourth-order valence-corrected chi connectivity index (χ4v) is 3.81. The summed E-state index contributed by atoms with van der Waals surface area (Å²) in [5, 5.41) is 4.79. The van der Waals surface area contributed by atoms with Crippen molar-refractivity contribution in [1.82, 2.24) is 4.98 Å². The highest BCUT2D eigenvalue weighted by Gasteiger charge is 2.31. The first-order chi connectivity index (χ1) is 11.8. The third-order valence-electron chi connectivity index (χ3n) is 3.89. The number of carbonyl (C=O) groups is 2. The molecule has 0 saturated heterocycles. The van der Waals surface area contributed by atoms with E-state index in [1.165, 1.54) is 18.3 Å². The van der Waals surface area contributed by atoms with Crippen molar-refractivity contribution in [1.29, 1.82) is 0 Å². The molecule has 0 saturated carbocycles. The lowest BCUT2D eigenvalue weighted by Crippen LogP contribution is -2.33. The zero-order valence-electron chi connectivity index (χ0n) is 13.9. The van der Waals surface area contributed by atoms with Crippen LogP contribution in [0.3, 0.4) is 0 Å². The zero-order valence-corrected chi connectivity index (χ0v) is 16.3. The standard InChI is InChI=1S/C17H16BrN3O3S/c1-8(20-21-17-19-9(2)15(25-17)10(3)22)13-7-11-6-12(18)4-5-14(11)24-16(13)23/h4-6,13H,7H2,1-3H3,(H,19,21)/b20-8+. The maximum atomic E-state index is 12.2. The number of ketones is 1. The Kier molecular flexibility index (Phi) is 5.01. The van der Waals surface area contributed by atoms with Gasteiger partial charge in [-0.15, -0.1) is 0 Å². The average Bonchev–Trinajstić information content (AvgIpc) is 2.93. The molecule has 0 spiro atoms. The molecule has 1 atom stereocenters. The predicted octanol–water partition coefficient (Wildman–Crippen LogP) is 3.98. The van der Waals surface area contributed by atoms with Gasteiger partial charge in [-0.05, 0) is 44.0 Å². The Morgan fingerprint density at radius 2 is 2.20 bits per heavy atom. The smallest absolute Gasteiger partial charge is 0.320 e. The summed E-state index contributed by atoms with van der Waals surface area (Å²) in [6, 6.07) is 5.56. The molecule has 8 heteroatoms. The van der Waals surface area contributed by atoms with Crippen LogP contribution in [0.15, 0.2) is 27.8 Å². The number of nitrogens with one attached hydrogen (secondary N) is 1. The molecule has 0 fully saturated rings. The number of carbonyl (C=O) groups excluding carboxylic acids is 2. The van der Waals surface area contributed by atoms with E-state index in [0.29, 0.717) is 33.6 Å². The highest BCUT2D eigenvalue weighted by Crippen LogP contribution is 2.31. The number of fused-ring (bicyclic) bond motifs is 1. The van der Waals surface area contributed by atoms with Crippen LogP contribution in [0.5, 0.6) is 5.75 Å². The predicted molar refractivity (Wildman–Crippen MR) is 101 cm³/mol. The van der Waals surface area contributed by atoms with Crippen LogP contribution in [0.25, 0.3) is 0 Å². The lowest BCUT2D eigenvalue weighted by molar-refractivity contribution is -0.137. The molecule has 130 valence electrons. The quantitative estimate of drug-likeness (QED) is 0.265. The van der Waals surface area contributed by atoms with Crippen molar-refractivity contribution in [3.63, 3.8) is 0 Å². The minimum Gasteiger partial charge on any atom is -0.426 e. The molecule has 6 nitrogen and oxygen atoms in total. The Hall–Kier alpha value is -2.06. The number of aryl methyl sites for hydroxylation is 1. The van der Waals surface area contributed by atoms with Gasteiger partial charge in [0.05, 0.1) is 10.6 Å². The molecule has 0 aliphatic carbocycles. The largest absolute Gasteiger partial charge is 0.426 e. The maximum absolute atomic E-state index is 12.2. The number of rotatable bonds is 4. The molecule has 0 bridgehead atoms. The highest BCUT2D eigenvalue weighted by atomic mass is 79.9. The number of anilines is 1. The van der Waals surface area contributed by atoms with Gasteiger partial charge in [0.15, 0.2) is 5.78 Å². The molecule has 2 heterocycles. The molecule has 2 aromatic rings. The van der Waals surface area contributed by atoms with Crippen LogP contribution in [0, 0.1) is 12.8 Å². The summed E-state index contributed by atoms with van der Waals surface area (Å²) in [6.07, 6.45) is 0.528. The van der Waals surface area contributed by atoms with Gasteiger partial charge in [0.2, 0.25) is 5.13 Å². The molecule has 25 heavy (non-hydrogen) atoms. The first-order valence-electron chi connectivity index (χ1n) is 7.64. The molecular formula is C17H16BrN3O3S. The molecule has 3 rings (SSSR count). The van der Waals surface area contributed by atoms with Gasteiger partial charge in [0, 0.05) is 17.1 Å². The van der Waals surface area contributed by atoms with Crippen molar-refractivity contribution in [2.24, 2.45) is 11.0 Å². The number of aromatic nitrogens is 1. The van der Waals surface area contributed by atoms with Crippen LogP contribution in [-0.2, 0) is 11.2 Å². The van der Waals surface area contributed by atoms with E-state index in [0.717, 1.165) is 10.0 Å². The number of thiazole rings is 1. The van der Waals surface area contributed by atoms with Gasteiger partial charge >= 0.3 is 5.97 Å². The molecule has 0 amide bonds. The molecule has 1 aromatic heterocycles. The number of hydrazone groups is 1. The van der Waals surface area contributed by atoms with Crippen molar-refractivity contribution in [3.05, 3.63) is 38.8 Å². The van der Waals surface area contributed by atoms with Gasteiger partial charge in [0.25, 0.3) is 0 Å². The van der Waals surface area contributed by atoms with Crippen molar-refractivity contribution in [2.75, 3.05) is 5.43 Å². The van der Waals surface area contributed by atoms with Crippen molar-refractivity contribution in [2.45, 2.75) is 27.2 Å².